The summed E-state index contributed by atoms with van der Waals surface area (Å²) in [7, 11) is 0. The molecule has 4 N–H and O–H groups in total. The van der Waals surface area contributed by atoms with E-state index in [1.165, 1.54) is 12.1 Å². The van der Waals surface area contributed by atoms with Crippen LogP contribution in [0.1, 0.15) is 24.1 Å². The third-order valence-corrected chi connectivity index (χ3v) is 3.88. The topological polar surface area (TPSA) is 95.2 Å². The van der Waals surface area contributed by atoms with E-state index in [9.17, 15) is 14.3 Å². The highest BCUT2D eigenvalue weighted by atomic mass is 19.1. The van der Waals surface area contributed by atoms with Crippen LogP contribution in [0.4, 0.5) is 15.1 Å². The molecule has 0 aliphatic heterocycles. The number of H-pyrrole nitrogens is 1. The van der Waals surface area contributed by atoms with E-state index in [0.717, 1.165) is 16.0 Å². The van der Waals surface area contributed by atoms with E-state index in [-0.39, 0.29) is 18.3 Å². The van der Waals surface area contributed by atoms with Crippen molar-refractivity contribution in [3.05, 3.63) is 59.4 Å². The first kappa shape index (κ1) is 15.9. The second kappa shape index (κ2) is 6.29. The van der Waals surface area contributed by atoms with Crippen molar-refractivity contribution in [1.82, 2.24) is 9.97 Å². The number of halogens is 1. The van der Waals surface area contributed by atoms with Gasteiger partial charge in [-0.2, -0.15) is 0 Å². The maximum Gasteiger partial charge on any atom is 0.414 e. The zero-order valence-electron chi connectivity index (χ0n) is 13.0. The summed E-state index contributed by atoms with van der Waals surface area (Å²) in [6.45, 7) is 2.02. The van der Waals surface area contributed by atoms with Crippen LogP contribution in [0.15, 0.2) is 42.5 Å². The van der Waals surface area contributed by atoms with Gasteiger partial charge in [0.05, 0.1) is 17.1 Å². The van der Waals surface area contributed by atoms with Gasteiger partial charge in [-0.25, -0.2) is 19.1 Å². The molecule has 0 aliphatic rings. The number of hydrogen-bond donors (Lipinski definition) is 3. The van der Waals surface area contributed by atoms with Gasteiger partial charge in [0.15, 0.2) is 0 Å². The maximum atomic E-state index is 13.0. The number of carbonyl (C=O) groups is 1. The lowest BCUT2D eigenvalue weighted by molar-refractivity contribution is 0.202. The summed E-state index contributed by atoms with van der Waals surface area (Å²) in [5.41, 5.74) is 9.19. The van der Waals surface area contributed by atoms with Crippen molar-refractivity contribution in [3.8, 4) is 0 Å². The highest BCUT2D eigenvalue weighted by molar-refractivity contribution is 5.87. The standard InChI is InChI=1S/C17H17FN4O2/c1-2-22(17(23)24)16-20-13-8-5-11(9-14(13)21-16)15(19)10-3-6-12(18)7-4-10/h3-9,15H,2,19H2,1H3,(H,20,21)(H,23,24). The van der Waals surface area contributed by atoms with Crippen molar-refractivity contribution in [3.63, 3.8) is 0 Å². The van der Waals surface area contributed by atoms with Crippen LogP contribution in [0.5, 0.6) is 0 Å². The van der Waals surface area contributed by atoms with Crippen LogP contribution < -0.4 is 10.6 Å². The van der Waals surface area contributed by atoms with Crippen molar-refractivity contribution >= 4 is 23.1 Å². The number of anilines is 1. The Bertz CT molecular complexity index is 876. The summed E-state index contributed by atoms with van der Waals surface area (Å²) in [6, 6.07) is 11.1. The minimum absolute atomic E-state index is 0.271. The van der Waals surface area contributed by atoms with Gasteiger partial charge in [0.2, 0.25) is 5.95 Å². The predicted octanol–water partition coefficient (Wildman–Crippen LogP) is 3.25. The van der Waals surface area contributed by atoms with E-state index in [4.69, 9.17) is 5.73 Å². The number of nitrogens with one attached hydrogen (secondary N) is 1. The fourth-order valence-corrected chi connectivity index (χ4v) is 2.57. The SMILES string of the molecule is CCN(C(=O)O)c1nc2ccc(C(N)c3ccc(F)cc3)cc2[nH]1. The van der Waals surface area contributed by atoms with Crippen molar-refractivity contribution in [2.24, 2.45) is 5.73 Å². The summed E-state index contributed by atoms with van der Waals surface area (Å²) in [5.74, 6) is -0.0413. The highest BCUT2D eigenvalue weighted by Gasteiger charge is 2.17. The molecule has 1 aromatic heterocycles. The van der Waals surface area contributed by atoms with Crippen molar-refractivity contribution in [2.75, 3.05) is 11.4 Å². The number of rotatable bonds is 4. The molecule has 3 rings (SSSR count). The van der Waals surface area contributed by atoms with Gasteiger partial charge in [-0.05, 0) is 42.3 Å². The van der Waals surface area contributed by atoms with Crippen LogP contribution in [0.3, 0.4) is 0 Å². The molecule has 1 heterocycles. The Balaban J connectivity index is 1.96. The molecule has 0 spiro atoms. The van der Waals surface area contributed by atoms with Crippen LogP contribution >= 0.6 is 0 Å². The van der Waals surface area contributed by atoms with Crippen LogP contribution in [-0.4, -0.2) is 27.7 Å². The van der Waals surface area contributed by atoms with E-state index < -0.39 is 12.1 Å². The first-order chi connectivity index (χ1) is 11.5. The van der Waals surface area contributed by atoms with E-state index >= 15 is 0 Å². The van der Waals surface area contributed by atoms with Gasteiger partial charge in [0.1, 0.15) is 5.82 Å². The molecule has 0 fully saturated rings. The zero-order valence-corrected chi connectivity index (χ0v) is 13.0. The minimum Gasteiger partial charge on any atom is -0.465 e. The summed E-state index contributed by atoms with van der Waals surface area (Å²) in [4.78, 5) is 19.6. The molecule has 1 unspecified atom stereocenters. The molecular weight excluding hydrogens is 311 g/mol. The van der Waals surface area contributed by atoms with Gasteiger partial charge >= 0.3 is 6.09 Å². The average Bonchev–Trinajstić information content (AvgIpc) is 2.97. The fraction of sp³-hybridized carbons (Fsp3) is 0.176. The Kier molecular flexibility index (Phi) is 4.18. The molecule has 0 bridgehead atoms. The molecule has 124 valence electrons. The summed E-state index contributed by atoms with van der Waals surface area (Å²) < 4.78 is 13.0. The molecule has 0 aliphatic carbocycles. The first-order valence-corrected chi connectivity index (χ1v) is 7.50. The van der Waals surface area contributed by atoms with Crippen molar-refractivity contribution in [2.45, 2.75) is 13.0 Å². The molecule has 1 atom stereocenters. The molecule has 0 saturated heterocycles. The van der Waals surface area contributed by atoms with Gasteiger partial charge in [0.25, 0.3) is 0 Å². The molecule has 24 heavy (non-hydrogen) atoms. The molecule has 3 aromatic rings. The van der Waals surface area contributed by atoms with E-state index in [0.29, 0.717) is 11.0 Å². The van der Waals surface area contributed by atoms with Gasteiger partial charge in [-0.3, -0.25) is 0 Å². The Morgan fingerprint density at radius 3 is 2.58 bits per heavy atom. The summed E-state index contributed by atoms with van der Waals surface area (Å²) in [5, 5.41) is 9.18. The first-order valence-electron chi connectivity index (χ1n) is 7.50. The van der Waals surface area contributed by atoms with Gasteiger partial charge in [-0.1, -0.05) is 18.2 Å². The van der Waals surface area contributed by atoms with Crippen molar-refractivity contribution in [1.29, 1.82) is 0 Å². The van der Waals surface area contributed by atoms with Crippen LogP contribution in [0.2, 0.25) is 0 Å². The number of fused-ring (bicyclic) bond motifs is 1. The largest absolute Gasteiger partial charge is 0.465 e. The molecule has 0 radical (unpaired) electrons. The monoisotopic (exact) mass is 328 g/mol. The highest BCUT2D eigenvalue weighted by Crippen LogP contribution is 2.25. The average molecular weight is 328 g/mol. The lowest BCUT2D eigenvalue weighted by Crippen LogP contribution is -2.29. The smallest absolute Gasteiger partial charge is 0.414 e. The minimum atomic E-state index is -1.07. The number of nitrogens with two attached hydrogens (primary N) is 1. The van der Waals surface area contributed by atoms with Crippen LogP contribution in [0.25, 0.3) is 11.0 Å². The number of nitrogens with zero attached hydrogens (tertiary/aromatic N) is 2. The quantitative estimate of drug-likeness (QED) is 0.685. The second-order valence-electron chi connectivity index (χ2n) is 5.39. The summed E-state index contributed by atoms with van der Waals surface area (Å²) in [6.07, 6.45) is -1.07. The fourth-order valence-electron chi connectivity index (χ4n) is 2.57. The number of carboxylic acid groups (broad SMARTS) is 1. The van der Waals surface area contributed by atoms with Gasteiger partial charge < -0.3 is 15.8 Å². The Hall–Kier alpha value is -2.93. The number of benzene rings is 2. The number of aromatic amines is 1. The number of amides is 1. The number of aromatic nitrogens is 2. The Labute approximate surface area is 137 Å². The normalized spacial score (nSPS) is 12.3. The third-order valence-electron chi connectivity index (χ3n) is 3.88. The molecule has 7 heteroatoms. The lowest BCUT2D eigenvalue weighted by Gasteiger charge is -2.12. The second-order valence-corrected chi connectivity index (χ2v) is 5.39. The van der Waals surface area contributed by atoms with Gasteiger partial charge in [0, 0.05) is 6.54 Å². The Morgan fingerprint density at radius 2 is 1.96 bits per heavy atom. The molecule has 2 aromatic carbocycles. The Morgan fingerprint density at radius 1 is 1.29 bits per heavy atom. The number of hydrogen-bond acceptors (Lipinski definition) is 3. The summed E-state index contributed by atoms with van der Waals surface area (Å²) >= 11 is 0. The van der Waals surface area contributed by atoms with Crippen molar-refractivity contribution < 1.29 is 14.3 Å². The molecule has 0 saturated carbocycles. The maximum absolute atomic E-state index is 13.0. The zero-order chi connectivity index (χ0) is 17.3. The predicted molar refractivity (Wildman–Crippen MR) is 89.6 cm³/mol. The van der Waals surface area contributed by atoms with E-state index in [1.807, 2.05) is 12.1 Å². The van der Waals surface area contributed by atoms with Crippen LogP contribution in [0, 0.1) is 5.82 Å². The number of imidazole rings is 1. The lowest BCUT2D eigenvalue weighted by atomic mass is 9.99. The van der Waals surface area contributed by atoms with Crippen LogP contribution in [-0.2, 0) is 0 Å². The third kappa shape index (κ3) is 2.93. The molecule has 6 nitrogen and oxygen atoms in total. The van der Waals surface area contributed by atoms with E-state index in [1.54, 1.807) is 25.1 Å². The van der Waals surface area contributed by atoms with E-state index in [2.05, 4.69) is 9.97 Å². The van der Waals surface area contributed by atoms with Gasteiger partial charge in [-0.15, -0.1) is 0 Å². The molecule has 1 amide bonds. The molecular formula is C17H17FN4O2.